The Balaban J connectivity index is 1.77. The van der Waals surface area contributed by atoms with Crippen molar-refractivity contribution in [2.24, 2.45) is 0 Å². The van der Waals surface area contributed by atoms with Gasteiger partial charge in [0, 0.05) is 47.2 Å². The van der Waals surface area contributed by atoms with Crippen LogP contribution in [0.15, 0.2) is 36.4 Å². The summed E-state index contributed by atoms with van der Waals surface area (Å²) in [5.41, 5.74) is 0.935. The fraction of sp³-hybridized carbons (Fsp3) is 0.440. The lowest BCUT2D eigenvalue weighted by molar-refractivity contribution is -0.140. The van der Waals surface area contributed by atoms with E-state index in [0.717, 1.165) is 6.26 Å². The summed E-state index contributed by atoms with van der Waals surface area (Å²) in [7, 11) is -3.64. The van der Waals surface area contributed by atoms with E-state index in [0.29, 0.717) is 32.8 Å². The first-order chi connectivity index (χ1) is 17.4. The monoisotopic (exact) mass is 571 g/mol. The van der Waals surface area contributed by atoms with Gasteiger partial charge < -0.3 is 19.7 Å². The molecule has 0 aliphatic carbocycles. The van der Waals surface area contributed by atoms with Gasteiger partial charge in [0.15, 0.2) is 11.5 Å². The van der Waals surface area contributed by atoms with Crippen molar-refractivity contribution in [3.8, 4) is 11.5 Å². The highest BCUT2D eigenvalue weighted by molar-refractivity contribution is 7.92. The number of amides is 2. The van der Waals surface area contributed by atoms with Gasteiger partial charge in [-0.1, -0.05) is 29.3 Å². The smallest absolute Gasteiger partial charge is 0.242 e. The van der Waals surface area contributed by atoms with Gasteiger partial charge in [-0.05, 0) is 51.5 Å². The molecule has 37 heavy (non-hydrogen) atoms. The predicted octanol–water partition coefficient (Wildman–Crippen LogP) is 4.21. The number of halogens is 2. The van der Waals surface area contributed by atoms with Crippen LogP contribution in [-0.4, -0.2) is 56.8 Å². The van der Waals surface area contributed by atoms with Gasteiger partial charge in [-0.3, -0.25) is 13.9 Å². The summed E-state index contributed by atoms with van der Waals surface area (Å²) in [5.74, 6) is 0.344. The Morgan fingerprint density at radius 1 is 1.05 bits per heavy atom. The molecule has 202 valence electrons. The van der Waals surface area contributed by atoms with Crippen molar-refractivity contribution in [2.75, 3.05) is 23.9 Å². The van der Waals surface area contributed by atoms with Crippen LogP contribution in [0.4, 0.5) is 5.69 Å². The zero-order valence-corrected chi connectivity index (χ0v) is 23.5. The fourth-order valence-corrected chi connectivity index (χ4v) is 5.36. The number of hydrogen-bond acceptors (Lipinski definition) is 6. The van der Waals surface area contributed by atoms with Crippen molar-refractivity contribution in [2.45, 2.75) is 52.2 Å². The van der Waals surface area contributed by atoms with Crippen LogP contribution in [0.1, 0.15) is 39.2 Å². The zero-order chi connectivity index (χ0) is 27.3. The Hall–Kier alpha value is -2.69. The highest BCUT2D eigenvalue weighted by Gasteiger charge is 2.28. The number of nitrogens with zero attached hydrogens (tertiary/aromatic N) is 2. The number of fused-ring (bicyclic) bond motifs is 1. The van der Waals surface area contributed by atoms with Crippen molar-refractivity contribution in [3.63, 3.8) is 0 Å². The standard InChI is InChI=1S/C25H31Cl2N3O6S/c1-16(2)28-25(32)17(3)29(14-19-20(26)7-5-8-21(19)27)24(31)9-6-12-30(37(4,33)34)18-10-11-22-23(13-18)36-15-35-22/h5,7-8,10-11,13,16-17H,6,9,12,14-15H2,1-4H3,(H,28,32)/t17-/m0/s1. The third kappa shape index (κ3) is 7.43. The van der Waals surface area contributed by atoms with E-state index < -0.39 is 16.1 Å². The van der Waals surface area contributed by atoms with Crippen molar-refractivity contribution in [3.05, 3.63) is 52.0 Å². The number of hydrogen-bond donors (Lipinski definition) is 1. The molecule has 9 nitrogen and oxygen atoms in total. The van der Waals surface area contributed by atoms with Gasteiger partial charge in [0.2, 0.25) is 28.6 Å². The topological polar surface area (TPSA) is 105 Å². The molecule has 1 aliphatic heterocycles. The van der Waals surface area contributed by atoms with E-state index in [-0.39, 0.29) is 50.6 Å². The van der Waals surface area contributed by atoms with Crippen molar-refractivity contribution in [1.82, 2.24) is 10.2 Å². The first-order valence-electron chi connectivity index (χ1n) is 11.8. The normalized spacial score (nSPS) is 13.4. The van der Waals surface area contributed by atoms with E-state index in [2.05, 4.69) is 5.32 Å². The summed E-state index contributed by atoms with van der Waals surface area (Å²) in [6.07, 6.45) is 1.31. The second kappa shape index (κ2) is 12.2. The molecule has 1 N–H and O–H groups in total. The van der Waals surface area contributed by atoms with Crippen molar-refractivity contribution < 1.29 is 27.5 Å². The molecule has 2 aromatic rings. The average Bonchev–Trinajstić information content (AvgIpc) is 3.28. The molecular weight excluding hydrogens is 541 g/mol. The van der Waals surface area contributed by atoms with Crippen molar-refractivity contribution in [1.29, 1.82) is 0 Å². The first-order valence-corrected chi connectivity index (χ1v) is 14.4. The van der Waals surface area contributed by atoms with Crippen LogP contribution in [0.2, 0.25) is 10.0 Å². The van der Waals surface area contributed by atoms with Crippen LogP contribution < -0.4 is 19.1 Å². The van der Waals surface area contributed by atoms with Gasteiger partial charge in [-0.2, -0.15) is 0 Å². The predicted molar refractivity (Wildman–Crippen MR) is 144 cm³/mol. The lowest BCUT2D eigenvalue weighted by atomic mass is 10.1. The summed E-state index contributed by atoms with van der Waals surface area (Å²) in [4.78, 5) is 27.6. The van der Waals surface area contributed by atoms with Crippen LogP contribution in [-0.2, 0) is 26.2 Å². The number of carbonyl (C=O) groups excluding carboxylic acids is 2. The molecular formula is C25H31Cl2N3O6S. The summed E-state index contributed by atoms with van der Waals surface area (Å²) in [6, 6.07) is 8.98. The van der Waals surface area contributed by atoms with Crippen LogP contribution >= 0.6 is 23.2 Å². The quantitative estimate of drug-likeness (QED) is 0.433. The summed E-state index contributed by atoms with van der Waals surface area (Å²) in [6.45, 7) is 5.45. The minimum absolute atomic E-state index is 0.00204. The molecule has 0 unspecified atom stereocenters. The van der Waals surface area contributed by atoms with Gasteiger partial charge in [-0.25, -0.2) is 8.42 Å². The molecule has 3 rings (SSSR count). The summed E-state index contributed by atoms with van der Waals surface area (Å²) in [5, 5.41) is 3.59. The van der Waals surface area contributed by atoms with Gasteiger partial charge in [-0.15, -0.1) is 0 Å². The lowest BCUT2D eigenvalue weighted by Crippen LogP contribution is -2.49. The van der Waals surface area contributed by atoms with Crippen LogP contribution in [0.3, 0.4) is 0 Å². The van der Waals surface area contributed by atoms with Crippen LogP contribution in [0.5, 0.6) is 11.5 Å². The Bertz CT molecular complexity index is 1230. The number of anilines is 1. The molecule has 1 aliphatic rings. The number of ether oxygens (including phenoxy) is 2. The van der Waals surface area contributed by atoms with E-state index in [9.17, 15) is 18.0 Å². The molecule has 1 heterocycles. The minimum atomic E-state index is -3.64. The van der Waals surface area contributed by atoms with E-state index in [4.69, 9.17) is 32.7 Å². The number of benzene rings is 2. The lowest BCUT2D eigenvalue weighted by Gasteiger charge is -2.30. The van der Waals surface area contributed by atoms with E-state index in [1.807, 2.05) is 13.8 Å². The van der Waals surface area contributed by atoms with Gasteiger partial charge in [0.1, 0.15) is 6.04 Å². The molecule has 0 radical (unpaired) electrons. The summed E-state index contributed by atoms with van der Waals surface area (Å²) >= 11 is 12.7. The molecule has 12 heteroatoms. The maximum Gasteiger partial charge on any atom is 0.242 e. The minimum Gasteiger partial charge on any atom is -0.454 e. The Labute approximate surface area is 227 Å². The molecule has 2 aromatic carbocycles. The van der Waals surface area contributed by atoms with Gasteiger partial charge in [0.25, 0.3) is 0 Å². The molecule has 0 saturated heterocycles. The van der Waals surface area contributed by atoms with E-state index in [1.165, 1.54) is 9.21 Å². The number of rotatable bonds is 11. The maximum atomic E-state index is 13.4. The van der Waals surface area contributed by atoms with Crippen molar-refractivity contribution >= 4 is 50.7 Å². The van der Waals surface area contributed by atoms with Gasteiger partial charge in [0.05, 0.1) is 11.9 Å². The molecule has 0 spiro atoms. The highest BCUT2D eigenvalue weighted by atomic mass is 35.5. The maximum absolute atomic E-state index is 13.4. The molecule has 0 bridgehead atoms. The number of carbonyl (C=O) groups is 2. The fourth-order valence-electron chi connectivity index (χ4n) is 3.89. The van der Waals surface area contributed by atoms with Gasteiger partial charge >= 0.3 is 0 Å². The first kappa shape index (κ1) is 28.9. The molecule has 0 fully saturated rings. The second-order valence-electron chi connectivity index (χ2n) is 9.04. The van der Waals surface area contributed by atoms with Crippen LogP contribution in [0, 0.1) is 0 Å². The third-order valence-electron chi connectivity index (χ3n) is 5.78. The molecule has 1 atom stereocenters. The number of sulfonamides is 1. The second-order valence-corrected chi connectivity index (χ2v) is 11.8. The summed E-state index contributed by atoms with van der Waals surface area (Å²) < 4.78 is 36.9. The Morgan fingerprint density at radius 3 is 2.32 bits per heavy atom. The van der Waals surface area contributed by atoms with Crippen LogP contribution in [0.25, 0.3) is 0 Å². The van der Waals surface area contributed by atoms with E-state index in [1.54, 1.807) is 43.3 Å². The molecule has 2 amide bonds. The average molecular weight is 573 g/mol. The third-order valence-corrected chi connectivity index (χ3v) is 7.69. The van der Waals surface area contributed by atoms with E-state index >= 15 is 0 Å². The molecule has 0 saturated carbocycles. The zero-order valence-electron chi connectivity index (χ0n) is 21.2. The SMILES string of the molecule is CC(C)NC(=O)[C@H](C)N(Cc1c(Cl)cccc1Cl)C(=O)CCCN(c1ccc2c(c1)OCO2)S(C)(=O)=O. The molecule has 0 aromatic heterocycles. The Kier molecular flexibility index (Phi) is 9.55. The highest BCUT2D eigenvalue weighted by Crippen LogP contribution is 2.36. The largest absolute Gasteiger partial charge is 0.454 e. The Morgan fingerprint density at radius 2 is 1.70 bits per heavy atom. The number of nitrogens with one attached hydrogen (secondary N) is 1.